The van der Waals surface area contributed by atoms with Crippen molar-refractivity contribution < 1.29 is 18.0 Å². The van der Waals surface area contributed by atoms with Gasteiger partial charge in [0.1, 0.15) is 10.6 Å². The summed E-state index contributed by atoms with van der Waals surface area (Å²) in [5.74, 6) is 0.326. The lowest BCUT2D eigenvalue weighted by molar-refractivity contribution is 0.147. The fraction of sp³-hybridized carbons (Fsp3) is 0.786. The Balaban J connectivity index is 2.39. The van der Waals surface area contributed by atoms with Crippen LogP contribution in [0.1, 0.15) is 50.5 Å². The summed E-state index contributed by atoms with van der Waals surface area (Å²) in [5, 5.41) is 13.4. The molecule has 1 aromatic rings. The Morgan fingerprint density at radius 3 is 2.67 bits per heavy atom. The predicted molar refractivity (Wildman–Crippen MR) is 78.4 cm³/mol. The maximum Gasteiger partial charge on any atom is 0.248 e. The van der Waals surface area contributed by atoms with Crippen molar-refractivity contribution >= 4 is 10.0 Å². The SMILES string of the molecule is Cc1noc(C)c1S(=O)(=O)N1CCCCCC1CC(C)O. The molecule has 2 heterocycles. The second-order valence-corrected chi connectivity index (χ2v) is 7.68. The normalized spacial score (nSPS) is 23.0. The van der Waals surface area contributed by atoms with E-state index in [1.54, 1.807) is 25.1 Å². The Morgan fingerprint density at radius 2 is 2.10 bits per heavy atom. The molecular weight excluding hydrogens is 292 g/mol. The van der Waals surface area contributed by atoms with Crippen molar-refractivity contribution in [3.63, 3.8) is 0 Å². The first-order valence-corrected chi connectivity index (χ1v) is 8.91. The first kappa shape index (κ1) is 16.5. The van der Waals surface area contributed by atoms with Crippen LogP contribution in [0.5, 0.6) is 0 Å². The van der Waals surface area contributed by atoms with Crippen LogP contribution in [0, 0.1) is 13.8 Å². The number of hydrogen-bond donors (Lipinski definition) is 1. The summed E-state index contributed by atoms with van der Waals surface area (Å²) in [4.78, 5) is 0.181. The highest BCUT2D eigenvalue weighted by molar-refractivity contribution is 7.89. The van der Waals surface area contributed by atoms with Gasteiger partial charge in [-0.15, -0.1) is 0 Å². The zero-order chi connectivity index (χ0) is 15.6. The fourth-order valence-corrected chi connectivity index (χ4v) is 5.06. The van der Waals surface area contributed by atoms with Crippen molar-refractivity contribution in [2.24, 2.45) is 0 Å². The van der Waals surface area contributed by atoms with Gasteiger partial charge >= 0.3 is 0 Å². The van der Waals surface area contributed by atoms with Gasteiger partial charge in [0.25, 0.3) is 0 Å². The molecule has 21 heavy (non-hydrogen) atoms. The zero-order valence-electron chi connectivity index (χ0n) is 12.9. The largest absolute Gasteiger partial charge is 0.393 e. The molecular formula is C14H24N2O4S. The second-order valence-electron chi connectivity index (χ2n) is 5.86. The van der Waals surface area contributed by atoms with Crippen molar-refractivity contribution in [3.8, 4) is 0 Å². The van der Waals surface area contributed by atoms with Crippen LogP contribution in [0.2, 0.25) is 0 Å². The molecule has 2 rings (SSSR count). The summed E-state index contributed by atoms with van der Waals surface area (Å²) < 4.78 is 32.5. The third kappa shape index (κ3) is 3.46. The van der Waals surface area contributed by atoms with E-state index in [9.17, 15) is 13.5 Å². The molecule has 1 aliphatic heterocycles. The minimum absolute atomic E-state index is 0.161. The zero-order valence-corrected chi connectivity index (χ0v) is 13.7. The van der Waals surface area contributed by atoms with Gasteiger partial charge in [0.2, 0.25) is 10.0 Å². The molecule has 1 N–H and O–H groups in total. The Hall–Kier alpha value is -0.920. The molecule has 0 aliphatic carbocycles. The molecule has 1 saturated heterocycles. The number of aliphatic hydroxyl groups is 1. The molecule has 6 nitrogen and oxygen atoms in total. The number of hydrogen-bond acceptors (Lipinski definition) is 5. The lowest BCUT2D eigenvalue weighted by Crippen LogP contribution is -2.41. The van der Waals surface area contributed by atoms with Crippen LogP contribution in [0.4, 0.5) is 0 Å². The lowest BCUT2D eigenvalue weighted by Gasteiger charge is -2.29. The van der Waals surface area contributed by atoms with E-state index in [4.69, 9.17) is 4.52 Å². The Morgan fingerprint density at radius 1 is 1.38 bits per heavy atom. The van der Waals surface area contributed by atoms with E-state index in [0.717, 1.165) is 25.7 Å². The Labute approximate surface area is 126 Å². The number of aryl methyl sites for hydroxylation is 2. The molecule has 2 atom stereocenters. The Bertz CT molecular complexity index is 560. The molecule has 0 amide bonds. The topological polar surface area (TPSA) is 83.6 Å². The molecule has 0 saturated carbocycles. The van der Waals surface area contributed by atoms with Crippen molar-refractivity contribution in [3.05, 3.63) is 11.5 Å². The summed E-state index contributed by atoms with van der Waals surface area (Å²) >= 11 is 0. The number of nitrogens with zero attached hydrogens (tertiary/aromatic N) is 2. The second kappa shape index (κ2) is 6.46. The molecule has 2 unspecified atom stereocenters. The number of sulfonamides is 1. The fourth-order valence-electron chi connectivity index (χ4n) is 3.06. The summed E-state index contributed by atoms with van der Waals surface area (Å²) in [6, 6.07) is -0.161. The van der Waals surface area contributed by atoms with Crippen LogP contribution < -0.4 is 0 Å². The lowest BCUT2D eigenvalue weighted by atomic mass is 10.1. The van der Waals surface area contributed by atoms with Crippen LogP contribution in [-0.4, -0.2) is 41.7 Å². The number of aromatic nitrogens is 1. The molecule has 0 radical (unpaired) electrons. The van der Waals surface area contributed by atoms with E-state index >= 15 is 0 Å². The number of rotatable bonds is 4. The van der Waals surface area contributed by atoms with Gasteiger partial charge < -0.3 is 9.63 Å². The van der Waals surface area contributed by atoms with Gasteiger partial charge in [0.05, 0.1) is 6.10 Å². The highest BCUT2D eigenvalue weighted by atomic mass is 32.2. The van der Waals surface area contributed by atoms with Crippen LogP contribution >= 0.6 is 0 Å². The first-order chi connectivity index (χ1) is 9.84. The van der Waals surface area contributed by atoms with Crippen LogP contribution in [0.15, 0.2) is 9.42 Å². The molecule has 0 bridgehead atoms. The molecule has 1 fully saturated rings. The van der Waals surface area contributed by atoms with Gasteiger partial charge in [-0.05, 0) is 40.0 Å². The summed E-state index contributed by atoms with van der Waals surface area (Å²) in [6.07, 6.45) is 3.58. The predicted octanol–water partition coefficient (Wildman–Crippen LogP) is 2.00. The molecule has 7 heteroatoms. The van der Waals surface area contributed by atoms with Crippen LogP contribution in [0.3, 0.4) is 0 Å². The summed E-state index contributed by atoms with van der Waals surface area (Å²) in [7, 11) is -3.63. The highest BCUT2D eigenvalue weighted by Gasteiger charge is 2.36. The van der Waals surface area contributed by atoms with Gasteiger partial charge in [-0.1, -0.05) is 18.0 Å². The van der Waals surface area contributed by atoms with Crippen molar-refractivity contribution in [1.82, 2.24) is 9.46 Å². The van der Waals surface area contributed by atoms with Crippen LogP contribution in [-0.2, 0) is 10.0 Å². The van der Waals surface area contributed by atoms with E-state index in [1.165, 1.54) is 0 Å². The third-order valence-electron chi connectivity index (χ3n) is 3.97. The number of aliphatic hydroxyl groups excluding tert-OH is 1. The van der Waals surface area contributed by atoms with Gasteiger partial charge in [-0.2, -0.15) is 4.31 Å². The summed E-state index contributed by atoms with van der Waals surface area (Å²) in [5.41, 5.74) is 0.396. The molecule has 1 aliphatic rings. The van der Waals surface area contributed by atoms with E-state index in [2.05, 4.69) is 5.16 Å². The third-order valence-corrected chi connectivity index (χ3v) is 6.17. The average molecular weight is 316 g/mol. The average Bonchev–Trinajstić information content (AvgIpc) is 2.60. The quantitative estimate of drug-likeness (QED) is 0.918. The van der Waals surface area contributed by atoms with Crippen molar-refractivity contribution in [1.29, 1.82) is 0 Å². The highest BCUT2D eigenvalue weighted by Crippen LogP contribution is 2.30. The standard InChI is InChI=1S/C14H24N2O4S/c1-10(17)9-13-7-5-4-6-8-16(13)21(18,19)14-11(2)15-20-12(14)3/h10,13,17H,4-9H2,1-3H3. The molecule has 1 aromatic heterocycles. The minimum Gasteiger partial charge on any atom is -0.393 e. The van der Waals surface area contributed by atoms with E-state index in [-0.39, 0.29) is 10.9 Å². The van der Waals surface area contributed by atoms with Gasteiger partial charge in [0.15, 0.2) is 5.76 Å². The van der Waals surface area contributed by atoms with Crippen molar-refractivity contribution in [2.75, 3.05) is 6.54 Å². The van der Waals surface area contributed by atoms with E-state index in [1.807, 2.05) is 0 Å². The Kier molecular flexibility index (Phi) is 5.06. The van der Waals surface area contributed by atoms with Gasteiger partial charge in [0, 0.05) is 12.6 Å². The molecule has 0 aromatic carbocycles. The summed E-state index contributed by atoms with van der Waals surface area (Å²) in [6.45, 7) is 5.45. The maximum absolute atomic E-state index is 13.0. The van der Waals surface area contributed by atoms with E-state index < -0.39 is 16.1 Å². The van der Waals surface area contributed by atoms with Gasteiger partial charge in [-0.3, -0.25) is 0 Å². The maximum atomic E-state index is 13.0. The molecule has 120 valence electrons. The van der Waals surface area contributed by atoms with Gasteiger partial charge in [-0.25, -0.2) is 8.42 Å². The minimum atomic E-state index is -3.63. The molecule has 0 spiro atoms. The van der Waals surface area contributed by atoms with Crippen molar-refractivity contribution in [2.45, 2.75) is 69.9 Å². The van der Waals surface area contributed by atoms with E-state index in [0.29, 0.717) is 24.4 Å². The first-order valence-electron chi connectivity index (χ1n) is 7.47. The smallest absolute Gasteiger partial charge is 0.248 e. The van der Waals surface area contributed by atoms with Crippen LogP contribution in [0.25, 0.3) is 0 Å². The monoisotopic (exact) mass is 316 g/mol.